The van der Waals surface area contributed by atoms with Gasteiger partial charge in [-0.05, 0) is 23.8 Å². The summed E-state index contributed by atoms with van der Waals surface area (Å²) in [7, 11) is 0. The van der Waals surface area contributed by atoms with Crippen molar-refractivity contribution < 1.29 is 0 Å². The van der Waals surface area contributed by atoms with Crippen LogP contribution in [0, 0.1) is 17.3 Å². The van der Waals surface area contributed by atoms with Crippen molar-refractivity contribution in [1.29, 1.82) is 0 Å². The van der Waals surface area contributed by atoms with Crippen LogP contribution in [-0.4, -0.2) is 6.54 Å². The summed E-state index contributed by atoms with van der Waals surface area (Å²) < 4.78 is 0. The second-order valence-corrected chi connectivity index (χ2v) is 4.75. The third-order valence-electron chi connectivity index (χ3n) is 3.36. The summed E-state index contributed by atoms with van der Waals surface area (Å²) in [6.45, 7) is 12.2. The van der Waals surface area contributed by atoms with E-state index in [1.54, 1.807) is 0 Å². The maximum Gasteiger partial charge on any atom is -0.00232 e. The summed E-state index contributed by atoms with van der Waals surface area (Å²) in [6.07, 6.45) is 2.61. The number of hydrogen-bond acceptors (Lipinski definition) is 1. The van der Waals surface area contributed by atoms with Gasteiger partial charge in [-0.25, -0.2) is 0 Å². The molecule has 1 heteroatoms. The van der Waals surface area contributed by atoms with Gasteiger partial charge in [0.2, 0.25) is 0 Å². The molecule has 0 saturated heterocycles. The summed E-state index contributed by atoms with van der Waals surface area (Å²) in [4.78, 5) is 0. The van der Waals surface area contributed by atoms with Gasteiger partial charge in [-0.1, -0.05) is 47.5 Å². The van der Waals surface area contributed by atoms with Crippen molar-refractivity contribution >= 4 is 0 Å². The Hall–Kier alpha value is -0.0400. The average Bonchev–Trinajstić information content (AvgIpc) is 2.03. The van der Waals surface area contributed by atoms with Crippen molar-refractivity contribution in [3.05, 3.63) is 0 Å². The molecule has 12 heavy (non-hydrogen) atoms. The molecule has 0 aromatic carbocycles. The van der Waals surface area contributed by atoms with Crippen LogP contribution in [0.2, 0.25) is 0 Å². The normalized spacial score (nSPS) is 17.5. The van der Waals surface area contributed by atoms with Crippen molar-refractivity contribution in [3.63, 3.8) is 0 Å². The second kappa shape index (κ2) is 4.86. The van der Waals surface area contributed by atoms with E-state index in [9.17, 15) is 0 Å². The standard InChI is InChI=1S/C11H25N/c1-6-7-9(2)10(3)11(4,5)8-12/h9-10H,6-8,12H2,1-5H3. The first-order valence-electron chi connectivity index (χ1n) is 5.15. The number of hydrogen-bond donors (Lipinski definition) is 1. The lowest BCUT2D eigenvalue weighted by Crippen LogP contribution is -2.34. The van der Waals surface area contributed by atoms with Gasteiger partial charge in [0.05, 0.1) is 0 Å². The third kappa shape index (κ3) is 3.14. The highest BCUT2D eigenvalue weighted by atomic mass is 14.6. The lowest BCUT2D eigenvalue weighted by Gasteiger charge is -2.34. The fourth-order valence-electron chi connectivity index (χ4n) is 1.66. The van der Waals surface area contributed by atoms with Crippen LogP contribution in [0.15, 0.2) is 0 Å². The molecule has 0 aromatic heterocycles. The van der Waals surface area contributed by atoms with Crippen molar-refractivity contribution in [3.8, 4) is 0 Å². The van der Waals surface area contributed by atoms with Gasteiger partial charge in [0.15, 0.2) is 0 Å². The van der Waals surface area contributed by atoms with Crippen LogP contribution in [0.1, 0.15) is 47.5 Å². The van der Waals surface area contributed by atoms with E-state index in [0.717, 1.165) is 18.4 Å². The molecule has 0 aliphatic rings. The second-order valence-electron chi connectivity index (χ2n) is 4.75. The highest BCUT2D eigenvalue weighted by Crippen LogP contribution is 2.33. The number of rotatable bonds is 5. The van der Waals surface area contributed by atoms with E-state index in [1.165, 1.54) is 12.8 Å². The van der Waals surface area contributed by atoms with E-state index in [4.69, 9.17) is 5.73 Å². The molecule has 0 fully saturated rings. The SMILES string of the molecule is CCCC(C)C(C)C(C)(C)CN. The highest BCUT2D eigenvalue weighted by molar-refractivity contribution is 4.79. The molecule has 2 atom stereocenters. The Morgan fingerprint density at radius 2 is 1.75 bits per heavy atom. The Labute approximate surface area is 77.7 Å². The maximum absolute atomic E-state index is 5.74. The molecule has 2 unspecified atom stereocenters. The summed E-state index contributed by atoms with van der Waals surface area (Å²) in [6, 6.07) is 0. The molecule has 0 radical (unpaired) electrons. The highest BCUT2D eigenvalue weighted by Gasteiger charge is 2.27. The Morgan fingerprint density at radius 3 is 2.08 bits per heavy atom. The molecule has 0 spiro atoms. The van der Waals surface area contributed by atoms with Crippen LogP contribution in [0.3, 0.4) is 0 Å². The molecule has 0 rings (SSSR count). The molecule has 1 nitrogen and oxygen atoms in total. The van der Waals surface area contributed by atoms with Crippen molar-refractivity contribution in [2.24, 2.45) is 23.0 Å². The van der Waals surface area contributed by atoms with Crippen LogP contribution in [0.4, 0.5) is 0 Å². The van der Waals surface area contributed by atoms with E-state index in [-0.39, 0.29) is 0 Å². The first kappa shape index (κ1) is 12.0. The summed E-state index contributed by atoms with van der Waals surface area (Å²) in [5, 5.41) is 0. The quantitative estimate of drug-likeness (QED) is 0.676. The van der Waals surface area contributed by atoms with E-state index in [0.29, 0.717) is 5.41 Å². The lowest BCUT2D eigenvalue weighted by atomic mass is 9.72. The van der Waals surface area contributed by atoms with Gasteiger partial charge in [-0.2, -0.15) is 0 Å². The molecule has 0 heterocycles. The maximum atomic E-state index is 5.74. The van der Waals surface area contributed by atoms with Crippen molar-refractivity contribution in [2.45, 2.75) is 47.5 Å². The van der Waals surface area contributed by atoms with Crippen molar-refractivity contribution in [2.75, 3.05) is 6.54 Å². The van der Waals surface area contributed by atoms with Gasteiger partial charge in [0, 0.05) is 0 Å². The molecule has 0 bridgehead atoms. The zero-order chi connectivity index (χ0) is 9.78. The van der Waals surface area contributed by atoms with Crippen LogP contribution in [-0.2, 0) is 0 Å². The predicted molar refractivity (Wildman–Crippen MR) is 56.1 cm³/mol. The molecule has 0 saturated carbocycles. The Kier molecular flexibility index (Phi) is 4.84. The molecular formula is C11H25N. The zero-order valence-electron chi connectivity index (χ0n) is 9.35. The third-order valence-corrected chi connectivity index (χ3v) is 3.36. The molecule has 0 aliphatic carbocycles. The largest absolute Gasteiger partial charge is 0.330 e. The monoisotopic (exact) mass is 171 g/mol. The van der Waals surface area contributed by atoms with Crippen LogP contribution >= 0.6 is 0 Å². The summed E-state index contributed by atoms with van der Waals surface area (Å²) in [5.74, 6) is 1.52. The Morgan fingerprint density at radius 1 is 1.25 bits per heavy atom. The van der Waals surface area contributed by atoms with Gasteiger partial charge in [0.25, 0.3) is 0 Å². The van der Waals surface area contributed by atoms with Gasteiger partial charge < -0.3 is 5.73 Å². The Balaban J connectivity index is 4.07. The molecule has 0 aromatic rings. The van der Waals surface area contributed by atoms with Gasteiger partial charge >= 0.3 is 0 Å². The summed E-state index contributed by atoms with van der Waals surface area (Å²) in [5.41, 5.74) is 6.04. The van der Waals surface area contributed by atoms with Crippen LogP contribution < -0.4 is 5.73 Å². The average molecular weight is 171 g/mol. The smallest absolute Gasteiger partial charge is 0.00232 e. The molecule has 0 amide bonds. The minimum Gasteiger partial charge on any atom is -0.330 e. The number of nitrogens with two attached hydrogens (primary N) is 1. The summed E-state index contributed by atoms with van der Waals surface area (Å²) >= 11 is 0. The van der Waals surface area contributed by atoms with Gasteiger partial charge in [0.1, 0.15) is 0 Å². The zero-order valence-corrected chi connectivity index (χ0v) is 9.35. The minimum absolute atomic E-state index is 0.300. The van der Waals surface area contributed by atoms with E-state index in [1.807, 2.05) is 0 Å². The van der Waals surface area contributed by atoms with E-state index in [2.05, 4.69) is 34.6 Å². The topological polar surface area (TPSA) is 26.0 Å². The fourth-order valence-corrected chi connectivity index (χ4v) is 1.66. The minimum atomic E-state index is 0.300. The van der Waals surface area contributed by atoms with E-state index < -0.39 is 0 Å². The molecule has 0 aliphatic heterocycles. The lowest BCUT2D eigenvalue weighted by molar-refractivity contribution is 0.166. The predicted octanol–water partition coefficient (Wildman–Crippen LogP) is 3.04. The molecule has 2 N–H and O–H groups in total. The first-order chi connectivity index (χ1) is 5.45. The van der Waals surface area contributed by atoms with E-state index >= 15 is 0 Å². The van der Waals surface area contributed by atoms with Gasteiger partial charge in [-0.15, -0.1) is 0 Å². The first-order valence-corrected chi connectivity index (χ1v) is 5.15. The van der Waals surface area contributed by atoms with Gasteiger partial charge in [-0.3, -0.25) is 0 Å². The Bertz CT molecular complexity index is 118. The fraction of sp³-hybridized carbons (Fsp3) is 1.00. The van der Waals surface area contributed by atoms with Crippen LogP contribution in [0.5, 0.6) is 0 Å². The van der Waals surface area contributed by atoms with Crippen molar-refractivity contribution in [1.82, 2.24) is 0 Å². The molecular weight excluding hydrogens is 146 g/mol. The van der Waals surface area contributed by atoms with Crippen LogP contribution in [0.25, 0.3) is 0 Å². The molecule has 74 valence electrons.